The van der Waals surface area contributed by atoms with Gasteiger partial charge in [-0.25, -0.2) is 0 Å². The maximum Gasteiger partial charge on any atom is 0.231 e. The van der Waals surface area contributed by atoms with Gasteiger partial charge < -0.3 is 19.7 Å². The van der Waals surface area contributed by atoms with Gasteiger partial charge in [0, 0.05) is 6.08 Å². The van der Waals surface area contributed by atoms with E-state index in [1.165, 1.54) is 19.9 Å². The Bertz CT molecular complexity index is 483. The Morgan fingerprint density at radius 1 is 1.50 bits per heavy atom. The summed E-state index contributed by atoms with van der Waals surface area (Å²) >= 11 is 0. The van der Waals surface area contributed by atoms with Gasteiger partial charge in [0.25, 0.3) is 0 Å². The number of fused-ring (bicyclic) bond motifs is 1. The van der Waals surface area contributed by atoms with Crippen LogP contribution >= 0.6 is 0 Å². The molecule has 2 N–H and O–H groups in total. The Labute approximate surface area is 118 Å². The van der Waals surface area contributed by atoms with Crippen molar-refractivity contribution in [2.75, 3.05) is 6.79 Å². The molecule has 1 saturated heterocycles. The molecule has 2 aliphatic rings. The van der Waals surface area contributed by atoms with Gasteiger partial charge in [0.15, 0.2) is 17.3 Å². The first-order valence-corrected chi connectivity index (χ1v) is 6.55. The fraction of sp³-hybridized carbons (Fsp3) is 0.533. The zero-order valence-electron chi connectivity index (χ0n) is 11.8. The van der Waals surface area contributed by atoms with Crippen LogP contribution in [0.4, 0.5) is 0 Å². The van der Waals surface area contributed by atoms with Gasteiger partial charge in [-0.05, 0) is 32.8 Å². The fourth-order valence-corrected chi connectivity index (χ4v) is 2.36. The fourth-order valence-electron chi connectivity index (χ4n) is 2.36. The predicted octanol–water partition coefficient (Wildman–Crippen LogP) is 1.43. The first kappa shape index (κ1) is 14.8. The van der Waals surface area contributed by atoms with Crippen LogP contribution in [0.3, 0.4) is 0 Å². The molecule has 0 unspecified atom stereocenters. The zero-order valence-corrected chi connectivity index (χ0v) is 11.8. The zero-order chi connectivity index (χ0) is 15.0. The van der Waals surface area contributed by atoms with Gasteiger partial charge in [-0.1, -0.05) is 6.08 Å². The molecule has 0 radical (unpaired) electrons. The quantitative estimate of drug-likeness (QED) is 0.745. The summed E-state index contributed by atoms with van der Waals surface area (Å²) in [6, 6.07) is 0. The Hall–Kier alpha value is -1.59. The summed E-state index contributed by atoms with van der Waals surface area (Å²) in [4.78, 5) is 12.4. The van der Waals surface area contributed by atoms with Crippen molar-refractivity contribution in [1.29, 1.82) is 0 Å². The smallest absolute Gasteiger partial charge is 0.231 e. The highest BCUT2D eigenvalue weighted by atomic mass is 16.7. The van der Waals surface area contributed by atoms with E-state index in [0.717, 1.165) is 0 Å². The number of rotatable bonds is 5. The molecule has 20 heavy (non-hydrogen) atoms. The van der Waals surface area contributed by atoms with E-state index in [0.29, 0.717) is 17.9 Å². The van der Waals surface area contributed by atoms with E-state index in [2.05, 4.69) is 6.58 Å². The van der Waals surface area contributed by atoms with E-state index in [1.54, 1.807) is 12.2 Å². The SMILES string of the molecule is C=CC[C@]1(C[C@@H](O)C(C)(C)O)C=C2OCOC2=CC1=O. The predicted molar refractivity (Wildman–Crippen MR) is 72.4 cm³/mol. The van der Waals surface area contributed by atoms with Crippen LogP contribution in [0.25, 0.3) is 0 Å². The van der Waals surface area contributed by atoms with Crippen molar-refractivity contribution in [2.24, 2.45) is 5.41 Å². The summed E-state index contributed by atoms with van der Waals surface area (Å²) in [5.41, 5.74) is -2.24. The second-order valence-electron chi connectivity index (χ2n) is 5.81. The largest absolute Gasteiger partial charge is 0.454 e. The van der Waals surface area contributed by atoms with E-state index >= 15 is 0 Å². The van der Waals surface area contributed by atoms with Gasteiger partial charge in [0.2, 0.25) is 6.79 Å². The number of carbonyl (C=O) groups is 1. The first-order chi connectivity index (χ1) is 9.28. The van der Waals surface area contributed by atoms with Crippen LogP contribution in [-0.2, 0) is 14.3 Å². The van der Waals surface area contributed by atoms with Crippen molar-refractivity contribution in [3.05, 3.63) is 36.3 Å². The lowest BCUT2D eigenvalue weighted by molar-refractivity contribution is -0.126. The molecule has 1 aliphatic heterocycles. The molecule has 2 atom stereocenters. The second kappa shape index (κ2) is 5.07. The molecule has 5 nitrogen and oxygen atoms in total. The van der Waals surface area contributed by atoms with Gasteiger partial charge in [-0.2, -0.15) is 0 Å². The average Bonchev–Trinajstić information content (AvgIpc) is 2.75. The Morgan fingerprint density at radius 2 is 2.15 bits per heavy atom. The molecule has 0 spiro atoms. The first-order valence-electron chi connectivity index (χ1n) is 6.55. The maximum atomic E-state index is 12.4. The molecule has 0 saturated carbocycles. The molecule has 0 aromatic carbocycles. The minimum atomic E-state index is -1.29. The molecule has 1 fully saturated rings. The molecule has 2 rings (SSSR count). The van der Waals surface area contributed by atoms with Crippen molar-refractivity contribution in [2.45, 2.75) is 38.4 Å². The number of ketones is 1. The molecule has 5 heteroatoms. The van der Waals surface area contributed by atoms with Crippen LogP contribution in [0.1, 0.15) is 26.7 Å². The van der Waals surface area contributed by atoms with Crippen molar-refractivity contribution in [3.63, 3.8) is 0 Å². The molecule has 110 valence electrons. The summed E-state index contributed by atoms with van der Waals surface area (Å²) < 4.78 is 10.5. The topological polar surface area (TPSA) is 76.0 Å². The number of carbonyl (C=O) groups excluding carboxylic acids is 1. The monoisotopic (exact) mass is 280 g/mol. The molecule has 1 heterocycles. The lowest BCUT2D eigenvalue weighted by Crippen LogP contribution is -2.43. The molecular formula is C15H20O5. The number of hydrogen-bond acceptors (Lipinski definition) is 5. The summed E-state index contributed by atoms with van der Waals surface area (Å²) in [7, 11) is 0. The maximum absolute atomic E-state index is 12.4. The number of allylic oxidation sites excluding steroid dienone is 3. The third kappa shape index (κ3) is 2.64. The van der Waals surface area contributed by atoms with Crippen molar-refractivity contribution < 1.29 is 24.5 Å². The highest BCUT2D eigenvalue weighted by Gasteiger charge is 2.44. The molecule has 0 aromatic heterocycles. The van der Waals surface area contributed by atoms with Crippen molar-refractivity contribution >= 4 is 5.78 Å². The third-order valence-corrected chi connectivity index (χ3v) is 3.71. The number of hydrogen-bond donors (Lipinski definition) is 2. The standard InChI is InChI=1S/C15H20O5/c1-4-5-15(8-13(17)14(2,3)18)7-11-10(6-12(15)16)19-9-20-11/h4,6-7,13,17-18H,1,5,8-9H2,2-3H3/t13-,15-/m1/s1. The van der Waals surface area contributed by atoms with Gasteiger partial charge in [-0.3, -0.25) is 4.79 Å². The summed E-state index contributed by atoms with van der Waals surface area (Å²) in [5.74, 6) is 0.756. The van der Waals surface area contributed by atoms with E-state index in [-0.39, 0.29) is 19.0 Å². The van der Waals surface area contributed by atoms with Crippen LogP contribution in [-0.4, -0.2) is 34.5 Å². The van der Waals surface area contributed by atoms with Crippen molar-refractivity contribution in [3.8, 4) is 0 Å². The number of aliphatic hydroxyl groups is 2. The summed E-state index contributed by atoms with van der Waals surface area (Å²) in [6.45, 7) is 6.78. The van der Waals surface area contributed by atoms with Crippen LogP contribution in [0.2, 0.25) is 0 Å². The van der Waals surface area contributed by atoms with Crippen LogP contribution in [0.5, 0.6) is 0 Å². The minimum absolute atomic E-state index is 0.0865. The molecule has 0 bridgehead atoms. The van der Waals surface area contributed by atoms with Crippen LogP contribution < -0.4 is 0 Å². The molecule has 0 aromatic rings. The van der Waals surface area contributed by atoms with Crippen molar-refractivity contribution in [1.82, 2.24) is 0 Å². The number of aliphatic hydroxyl groups excluding tert-OH is 1. The van der Waals surface area contributed by atoms with Crippen LogP contribution in [0, 0.1) is 5.41 Å². The van der Waals surface area contributed by atoms with Gasteiger partial charge in [0.1, 0.15) is 0 Å². The van der Waals surface area contributed by atoms with Gasteiger partial charge >= 0.3 is 0 Å². The molecular weight excluding hydrogens is 260 g/mol. The highest BCUT2D eigenvalue weighted by Crippen LogP contribution is 2.41. The van der Waals surface area contributed by atoms with Gasteiger partial charge in [-0.15, -0.1) is 6.58 Å². The Kier molecular flexibility index (Phi) is 3.75. The Balaban J connectivity index is 2.33. The van der Waals surface area contributed by atoms with E-state index in [1.807, 2.05) is 0 Å². The molecule has 0 amide bonds. The Morgan fingerprint density at radius 3 is 2.75 bits per heavy atom. The van der Waals surface area contributed by atoms with Crippen LogP contribution in [0.15, 0.2) is 36.3 Å². The van der Waals surface area contributed by atoms with E-state index in [4.69, 9.17) is 9.47 Å². The average molecular weight is 280 g/mol. The lowest BCUT2D eigenvalue weighted by atomic mass is 9.71. The minimum Gasteiger partial charge on any atom is -0.454 e. The van der Waals surface area contributed by atoms with E-state index < -0.39 is 17.1 Å². The highest BCUT2D eigenvalue weighted by molar-refractivity contribution is 5.98. The van der Waals surface area contributed by atoms with Gasteiger partial charge in [0.05, 0.1) is 17.1 Å². The second-order valence-corrected chi connectivity index (χ2v) is 5.81. The lowest BCUT2D eigenvalue weighted by Gasteiger charge is -2.35. The summed E-state index contributed by atoms with van der Waals surface area (Å²) in [5, 5.41) is 20.0. The normalized spacial score (nSPS) is 26.9. The third-order valence-electron chi connectivity index (χ3n) is 3.71. The number of ether oxygens (including phenoxy) is 2. The summed E-state index contributed by atoms with van der Waals surface area (Å²) in [6.07, 6.45) is 4.10. The molecule has 1 aliphatic carbocycles. The van der Waals surface area contributed by atoms with E-state index in [9.17, 15) is 15.0 Å².